The van der Waals surface area contributed by atoms with Gasteiger partial charge >= 0.3 is 0 Å². The Morgan fingerprint density at radius 2 is 1.81 bits per heavy atom. The number of oxime groups is 1. The zero-order valence-electron chi connectivity index (χ0n) is 12.7. The molecule has 1 fully saturated rings. The van der Waals surface area contributed by atoms with Gasteiger partial charge in [-0.2, -0.15) is 0 Å². The van der Waals surface area contributed by atoms with Crippen LogP contribution in [0.1, 0.15) is 49.0 Å². The Balaban J connectivity index is 2.09. The molecule has 0 aromatic heterocycles. The Kier molecular flexibility index (Phi) is 4.50. The molecule has 0 spiro atoms. The number of hydrogen-bond acceptors (Lipinski definition) is 3. The van der Waals surface area contributed by atoms with Crippen LogP contribution in [0.15, 0.2) is 29.4 Å². The predicted molar refractivity (Wildman–Crippen MR) is 82.5 cm³/mol. The van der Waals surface area contributed by atoms with E-state index in [4.69, 9.17) is 10.9 Å². The summed E-state index contributed by atoms with van der Waals surface area (Å²) in [5.41, 5.74) is 7.07. The minimum atomic E-state index is 0.0468. The predicted octanol–water partition coefficient (Wildman–Crippen LogP) is 2.43. The van der Waals surface area contributed by atoms with Crippen molar-refractivity contribution >= 4 is 11.7 Å². The molecule has 0 bridgehead atoms. The molecule has 21 heavy (non-hydrogen) atoms. The summed E-state index contributed by atoms with van der Waals surface area (Å²) >= 11 is 0. The Labute approximate surface area is 125 Å². The van der Waals surface area contributed by atoms with E-state index in [9.17, 15) is 4.79 Å². The maximum absolute atomic E-state index is 12.5. The number of hydrogen-bond donors (Lipinski definition) is 2. The number of rotatable bonds is 2. The van der Waals surface area contributed by atoms with Crippen LogP contribution in [-0.2, 0) is 0 Å². The third kappa shape index (κ3) is 3.74. The average molecular weight is 289 g/mol. The third-order valence-corrected chi connectivity index (χ3v) is 4.16. The van der Waals surface area contributed by atoms with Gasteiger partial charge in [0.25, 0.3) is 5.91 Å². The van der Waals surface area contributed by atoms with Gasteiger partial charge in [-0.05, 0) is 36.8 Å². The van der Waals surface area contributed by atoms with Gasteiger partial charge in [0.05, 0.1) is 0 Å². The lowest BCUT2D eigenvalue weighted by atomic mass is 9.85. The molecule has 0 atom stereocenters. The largest absolute Gasteiger partial charge is 0.409 e. The maximum Gasteiger partial charge on any atom is 0.253 e. The first-order valence-corrected chi connectivity index (χ1v) is 7.30. The van der Waals surface area contributed by atoms with E-state index in [2.05, 4.69) is 19.0 Å². The smallest absolute Gasteiger partial charge is 0.253 e. The number of amides is 1. The summed E-state index contributed by atoms with van der Waals surface area (Å²) in [4.78, 5) is 14.5. The molecule has 5 heteroatoms. The van der Waals surface area contributed by atoms with Crippen LogP contribution in [0.25, 0.3) is 0 Å². The van der Waals surface area contributed by atoms with E-state index in [-0.39, 0.29) is 11.7 Å². The number of likely N-dealkylation sites (tertiary alicyclic amines) is 1. The first-order valence-electron chi connectivity index (χ1n) is 7.30. The molecule has 3 N–H and O–H groups in total. The van der Waals surface area contributed by atoms with Crippen LogP contribution in [-0.4, -0.2) is 34.9 Å². The summed E-state index contributed by atoms with van der Waals surface area (Å²) in [6, 6.07) is 6.85. The first kappa shape index (κ1) is 15.4. The quantitative estimate of drug-likeness (QED) is 0.380. The average Bonchev–Trinajstić information content (AvgIpc) is 2.66. The fourth-order valence-corrected chi connectivity index (χ4v) is 2.65. The van der Waals surface area contributed by atoms with E-state index in [0.717, 1.165) is 32.4 Å². The molecule has 0 aliphatic carbocycles. The van der Waals surface area contributed by atoms with E-state index in [0.29, 0.717) is 16.5 Å². The van der Waals surface area contributed by atoms with Gasteiger partial charge in [0.15, 0.2) is 5.84 Å². The minimum Gasteiger partial charge on any atom is -0.409 e. The molecular formula is C16H23N3O2. The van der Waals surface area contributed by atoms with Gasteiger partial charge in [-0.15, -0.1) is 0 Å². The molecule has 0 radical (unpaired) electrons. The lowest BCUT2D eigenvalue weighted by molar-refractivity contribution is 0.0757. The van der Waals surface area contributed by atoms with E-state index in [1.165, 1.54) is 0 Å². The second kappa shape index (κ2) is 6.16. The number of nitrogens with two attached hydrogens (primary N) is 1. The van der Waals surface area contributed by atoms with E-state index in [1.54, 1.807) is 24.3 Å². The highest BCUT2D eigenvalue weighted by Crippen LogP contribution is 2.30. The monoisotopic (exact) mass is 289 g/mol. The molecular weight excluding hydrogens is 266 g/mol. The van der Waals surface area contributed by atoms with E-state index >= 15 is 0 Å². The molecule has 1 aliphatic heterocycles. The molecule has 0 unspecified atom stereocenters. The standard InChI is InChI=1S/C16H23N3O2/c1-16(2)8-3-10-19(11-9-16)15(20)13-6-4-12(5-7-13)14(17)18-21/h4-7,21H,3,8-11H2,1-2H3,(H2,17,18). The van der Waals surface area contributed by atoms with Crippen LogP contribution in [0.3, 0.4) is 0 Å². The molecule has 1 heterocycles. The normalized spacial score (nSPS) is 19.1. The SMILES string of the molecule is CC1(C)CCCN(C(=O)c2ccc(C(N)=NO)cc2)CC1. The molecule has 1 aromatic rings. The summed E-state index contributed by atoms with van der Waals surface area (Å²) in [6.45, 7) is 6.12. The van der Waals surface area contributed by atoms with Gasteiger partial charge in [0.1, 0.15) is 0 Å². The van der Waals surface area contributed by atoms with Crippen molar-refractivity contribution < 1.29 is 10.0 Å². The first-order chi connectivity index (χ1) is 9.93. The fraction of sp³-hybridized carbons (Fsp3) is 0.500. The highest BCUT2D eigenvalue weighted by atomic mass is 16.4. The van der Waals surface area contributed by atoms with Crippen molar-refractivity contribution in [1.29, 1.82) is 0 Å². The topological polar surface area (TPSA) is 78.9 Å². The lowest BCUT2D eigenvalue weighted by Crippen LogP contribution is -2.32. The summed E-state index contributed by atoms with van der Waals surface area (Å²) < 4.78 is 0. The van der Waals surface area contributed by atoms with Crippen LogP contribution >= 0.6 is 0 Å². The minimum absolute atomic E-state index is 0.0468. The van der Waals surface area contributed by atoms with Crippen molar-refractivity contribution in [3.8, 4) is 0 Å². The summed E-state index contributed by atoms with van der Waals surface area (Å²) in [6.07, 6.45) is 3.22. The fourth-order valence-electron chi connectivity index (χ4n) is 2.65. The molecule has 1 aliphatic rings. The van der Waals surface area contributed by atoms with Crippen LogP contribution in [0.4, 0.5) is 0 Å². The van der Waals surface area contributed by atoms with Gasteiger partial charge < -0.3 is 15.8 Å². The molecule has 0 saturated carbocycles. The van der Waals surface area contributed by atoms with Crippen LogP contribution < -0.4 is 5.73 Å². The number of nitrogens with zero attached hydrogens (tertiary/aromatic N) is 2. The van der Waals surface area contributed by atoms with Gasteiger partial charge in [0.2, 0.25) is 0 Å². The Hall–Kier alpha value is -2.04. The van der Waals surface area contributed by atoms with Crippen molar-refractivity contribution in [3.63, 3.8) is 0 Å². The zero-order chi connectivity index (χ0) is 15.5. The molecule has 1 saturated heterocycles. The third-order valence-electron chi connectivity index (χ3n) is 4.16. The van der Waals surface area contributed by atoms with Crippen molar-refractivity contribution in [2.45, 2.75) is 33.1 Å². The van der Waals surface area contributed by atoms with Gasteiger partial charge in [-0.1, -0.05) is 31.1 Å². The van der Waals surface area contributed by atoms with E-state index in [1.807, 2.05) is 4.90 Å². The zero-order valence-corrected chi connectivity index (χ0v) is 12.7. The van der Waals surface area contributed by atoms with Gasteiger partial charge in [-0.25, -0.2) is 0 Å². The lowest BCUT2D eigenvalue weighted by Gasteiger charge is -2.23. The van der Waals surface area contributed by atoms with Crippen LogP contribution in [0.2, 0.25) is 0 Å². The molecule has 1 aromatic carbocycles. The summed E-state index contributed by atoms with van der Waals surface area (Å²) in [5.74, 6) is 0.101. The summed E-state index contributed by atoms with van der Waals surface area (Å²) in [5, 5.41) is 11.6. The second-order valence-electron chi connectivity index (χ2n) is 6.37. The molecule has 5 nitrogen and oxygen atoms in total. The number of amidine groups is 1. The maximum atomic E-state index is 12.5. The Morgan fingerprint density at radius 1 is 1.19 bits per heavy atom. The molecule has 2 rings (SSSR count). The number of benzene rings is 1. The number of carbonyl (C=O) groups is 1. The van der Waals surface area contributed by atoms with Crippen molar-refractivity contribution in [1.82, 2.24) is 4.90 Å². The highest BCUT2D eigenvalue weighted by molar-refractivity contribution is 5.99. The second-order valence-corrected chi connectivity index (χ2v) is 6.37. The van der Waals surface area contributed by atoms with Crippen LogP contribution in [0, 0.1) is 5.41 Å². The Morgan fingerprint density at radius 3 is 2.43 bits per heavy atom. The number of carbonyl (C=O) groups excluding carboxylic acids is 1. The molecule has 114 valence electrons. The molecule has 1 amide bonds. The van der Waals surface area contributed by atoms with Crippen molar-refractivity contribution in [2.24, 2.45) is 16.3 Å². The van der Waals surface area contributed by atoms with Crippen molar-refractivity contribution in [3.05, 3.63) is 35.4 Å². The summed E-state index contributed by atoms with van der Waals surface area (Å²) in [7, 11) is 0. The Bertz CT molecular complexity index is 535. The highest BCUT2D eigenvalue weighted by Gasteiger charge is 2.25. The van der Waals surface area contributed by atoms with Crippen molar-refractivity contribution in [2.75, 3.05) is 13.1 Å². The van der Waals surface area contributed by atoms with Gasteiger partial charge in [-0.3, -0.25) is 4.79 Å². The van der Waals surface area contributed by atoms with Crippen LogP contribution in [0.5, 0.6) is 0 Å². The van der Waals surface area contributed by atoms with Gasteiger partial charge in [0, 0.05) is 24.2 Å². The van der Waals surface area contributed by atoms with E-state index < -0.39 is 0 Å².